The van der Waals surface area contributed by atoms with Crippen LogP contribution in [-0.2, 0) is 10.1 Å². The highest BCUT2D eigenvalue weighted by Crippen LogP contribution is 2.36. The van der Waals surface area contributed by atoms with E-state index >= 15 is 0 Å². The summed E-state index contributed by atoms with van der Waals surface area (Å²) in [6, 6.07) is 1.23. The van der Waals surface area contributed by atoms with Gasteiger partial charge < -0.3 is 14.2 Å². The zero-order valence-electron chi connectivity index (χ0n) is 10.6. The zero-order chi connectivity index (χ0) is 15.3. The lowest BCUT2D eigenvalue weighted by atomic mass is 10.2. The van der Waals surface area contributed by atoms with Crippen molar-refractivity contribution in [3.8, 4) is 11.5 Å². The molecule has 0 spiro atoms. The van der Waals surface area contributed by atoms with Crippen molar-refractivity contribution < 1.29 is 32.2 Å². The third-order valence-corrected chi connectivity index (χ3v) is 2.61. The smallest absolute Gasteiger partial charge is 0.493 e. The van der Waals surface area contributed by atoms with Crippen molar-refractivity contribution in [2.45, 2.75) is 18.6 Å². The summed E-state index contributed by atoms with van der Waals surface area (Å²) in [5.41, 5.74) is -0.280. The molecule has 0 unspecified atom stereocenters. The summed E-state index contributed by atoms with van der Waals surface area (Å²) in [7, 11) is 1.16. The Bertz CT molecular complexity index is 493. The van der Waals surface area contributed by atoms with Gasteiger partial charge in [-0.2, -0.15) is 0 Å². The third kappa shape index (κ3) is 4.26. The quantitative estimate of drug-likeness (QED) is 0.598. The molecule has 0 radical (unpaired) electrons. The first-order valence-corrected chi connectivity index (χ1v) is 6.51. The molecule has 0 fully saturated rings. The SMILES string of the molecule is CCOC(=O)c1nc(CBr)cc(OC)c1OC(F)(F)F. The van der Waals surface area contributed by atoms with Gasteiger partial charge in [-0.25, -0.2) is 9.78 Å². The van der Waals surface area contributed by atoms with Gasteiger partial charge in [0, 0.05) is 11.4 Å². The molecule has 5 nitrogen and oxygen atoms in total. The Morgan fingerprint density at radius 3 is 2.55 bits per heavy atom. The molecule has 0 bridgehead atoms. The number of halogens is 4. The van der Waals surface area contributed by atoms with Crippen molar-refractivity contribution in [1.82, 2.24) is 4.98 Å². The average molecular weight is 358 g/mol. The van der Waals surface area contributed by atoms with Gasteiger partial charge in [0.1, 0.15) is 0 Å². The summed E-state index contributed by atoms with van der Waals surface area (Å²) in [6.45, 7) is 1.51. The summed E-state index contributed by atoms with van der Waals surface area (Å²) in [4.78, 5) is 15.5. The van der Waals surface area contributed by atoms with Gasteiger partial charge in [0.25, 0.3) is 0 Å². The van der Waals surface area contributed by atoms with Crippen molar-refractivity contribution in [2.24, 2.45) is 0 Å². The van der Waals surface area contributed by atoms with Crippen LogP contribution in [0.15, 0.2) is 6.07 Å². The number of carbonyl (C=O) groups is 1. The van der Waals surface area contributed by atoms with E-state index in [-0.39, 0.29) is 17.7 Å². The Labute approximate surface area is 121 Å². The molecule has 1 heterocycles. The lowest BCUT2D eigenvalue weighted by Gasteiger charge is -2.16. The van der Waals surface area contributed by atoms with Crippen molar-refractivity contribution in [3.05, 3.63) is 17.5 Å². The van der Waals surface area contributed by atoms with E-state index in [9.17, 15) is 18.0 Å². The van der Waals surface area contributed by atoms with Crippen LogP contribution in [0.1, 0.15) is 23.1 Å². The van der Waals surface area contributed by atoms with E-state index in [4.69, 9.17) is 4.74 Å². The normalized spacial score (nSPS) is 11.1. The van der Waals surface area contributed by atoms with Crippen LogP contribution in [0, 0.1) is 0 Å². The van der Waals surface area contributed by atoms with Crippen molar-refractivity contribution in [2.75, 3.05) is 13.7 Å². The predicted octanol–water partition coefficient (Wildman–Crippen LogP) is 3.06. The molecule has 1 aromatic rings. The highest BCUT2D eigenvalue weighted by atomic mass is 79.9. The highest BCUT2D eigenvalue weighted by Gasteiger charge is 2.36. The molecule has 1 aromatic heterocycles. The second-order valence-electron chi connectivity index (χ2n) is 3.40. The zero-order valence-corrected chi connectivity index (χ0v) is 12.2. The van der Waals surface area contributed by atoms with Crippen LogP contribution in [0.4, 0.5) is 13.2 Å². The van der Waals surface area contributed by atoms with Crippen LogP contribution >= 0.6 is 15.9 Å². The van der Waals surface area contributed by atoms with Crippen LogP contribution in [0.5, 0.6) is 11.5 Å². The molecular weight excluding hydrogens is 347 g/mol. The lowest BCUT2D eigenvalue weighted by molar-refractivity contribution is -0.275. The van der Waals surface area contributed by atoms with Gasteiger partial charge in [0.05, 0.1) is 19.4 Å². The summed E-state index contributed by atoms with van der Waals surface area (Å²) in [5.74, 6) is -2.09. The molecule has 20 heavy (non-hydrogen) atoms. The summed E-state index contributed by atoms with van der Waals surface area (Å²) < 4.78 is 50.5. The summed E-state index contributed by atoms with van der Waals surface area (Å²) >= 11 is 3.10. The van der Waals surface area contributed by atoms with E-state index in [0.717, 1.165) is 7.11 Å². The molecule has 1 rings (SSSR count). The molecule has 0 aromatic carbocycles. The average Bonchev–Trinajstić information content (AvgIpc) is 2.37. The van der Waals surface area contributed by atoms with Crippen molar-refractivity contribution >= 4 is 21.9 Å². The minimum atomic E-state index is -4.98. The van der Waals surface area contributed by atoms with Crippen molar-refractivity contribution in [1.29, 1.82) is 0 Å². The first-order chi connectivity index (χ1) is 9.32. The number of carbonyl (C=O) groups excluding carboxylic acids is 1. The molecule has 0 atom stereocenters. The minimum Gasteiger partial charge on any atom is -0.493 e. The fourth-order valence-corrected chi connectivity index (χ4v) is 1.62. The number of nitrogens with zero attached hydrogens (tertiary/aromatic N) is 1. The fourth-order valence-electron chi connectivity index (χ4n) is 1.33. The fraction of sp³-hybridized carbons (Fsp3) is 0.455. The Kier molecular flexibility index (Phi) is 5.61. The summed E-state index contributed by atoms with van der Waals surface area (Å²) in [5, 5.41) is 0.224. The Morgan fingerprint density at radius 1 is 1.45 bits per heavy atom. The number of esters is 1. The molecule has 0 aliphatic rings. The topological polar surface area (TPSA) is 57.7 Å². The van der Waals surface area contributed by atoms with Crippen LogP contribution in [-0.4, -0.2) is 31.0 Å². The molecule has 9 heteroatoms. The van der Waals surface area contributed by atoms with Crippen LogP contribution in [0.2, 0.25) is 0 Å². The molecular formula is C11H11BrF3NO4. The number of hydrogen-bond acceptors (Lipinski definition) is 5. The van der Waals surface area contributed by atoms with Crippen LogP contribution in [0.3, 0.4) is 0 Å². The first-order valence-electron chi connectivity index (χ1n) is 5.39. The molecule has 0 saturated carbocycles. The van der Waals surface area contributed by atoms with Crippen LogP contribution in [0.25, 0.3) is 0 Å². The number of aromatic nitrogens is 1. The van der Waals surface area contributed by atoms with Gasteiger partial charge in [-0.15, -0.1) is 13.2 Å². The number of rotatable bonds is 5. The molecule has 0 aliphatic carbocycles. The standard InChI is InChI=1S/C11H11BrF3NO4/c1-3-19-10(17)8-9(20-11(13,14)15)7(18-2)4-6(5-12)16-8/h4H,3,5H2,1-2H3. The number of alkyl halides is 4. The number of pyridine rings is 1. The van der Waals surface area contributed by atoms with E-state index < -0.39 is 23.8 Å². The predicted molar refractivity (Wildman–Crippen MR) is 66.1 cm³/mol. The summed E-state index contributed by atoms with van der Waals surface area (Å²) in [6.07, 6.45) is -4.98. The second-order valence-corrected chi connectivity index (χ2v) is 3.96. The lowest BCUT2D eigenvalue weighted by Crippen LogP contribution is -2.21. The van der Waals surface area contributed by atoms with Crippen LogP contribution < -0.4 is 9.47 Å². The van der Waals surface area contributed by atoms with Gasteiger partial charge in [-0.3, -0.25) is 0 Å². The largest absolute Gasteiger partial charge is 0.573 e. The van der Waals surface area contributed by atoms with Gasteiger partial charge in [0.2, 0.25) is 5.75 Å². The maximum Gasteiger partial charge on any atom is 0.573 e. The maximum absolute atomic E-state index is 12.4. The maximum atomic E-state index is 12.4. The Morgan fingerprint density at radius 2 is 2.10 bits per heavy atom. The van der Waals surface area contributed by atoms with Gasteiger partial charge in [-0.05, 0) is 6.92 Å². The molecule has 112 valence electrons. The van der Waals surface area contributed by atoms with E-state index in [1.807, 2.05) is 0 Å². The van der Waals surface area contributed by atoms with Crippen molar-refractivity contribution in [3.63, 3.8) is 0 Å². The van der Waals surface area contributed by atoms with Gasteiger partial charge in [0.15, 0.2) is 11.4 Å². The Balaban J connectivity index is 3.38. The number of hydrogen-bond donors (Lipinski definition) is 0. The molecule has 0 amide bonds. The van der Waals surface area contributed by atoms with Gasteiger partial charge in [-0.1, -0.05) is 15.9 Å². The third-order valence-electron chi connectivity index (χ3n) is 2.04. The van der Waals surface area contributed by atoms with E-state index in [2.05, 4.69) is 30.4 Å². The number of methoxy groups -OCH3 is 1. The van der Waals surface area contributed by atoms with Gasteiger partial charge >= 0.3 is 12.3 Å². The van der Waals surface area contributed by atoms with E-state index in [1.54, 1.807) is 0 Å². The monoisotopic (exact) mass is 357 g/mol. The second kappa shape index (κ2) is 6.78. The molecule has 0 N–H and O–H groups in total. The highest BCUT2D eigenvalue weighted by molar-refractivity contribution is 9.08. The molecule has 0 aliphatic heterocycles. The number of ether oxygens (including phenoxy) is 3. The van der Waals surface area contributed by atoms with E-state index in [1.165, 1.54) is 13.0 Å². The first kappa shape index (κ1) is 16.5. The minimum absolute atomic E-state index is 0.00712. The Hall–Kier alpha value is -1.51. The molecule has 0 saturated heterocycles. The van der Waals surface area contributed by atoms with E-state index in [0.29, 0.717) is 5.69 Å².